The lowest BCUT2D eigenvalue weighted by Gasteiger charge is -2.42. The van der Waals surface area contributed by atoms with Crippen LogP contribution in [0, 0.1) is 0 Å². The summed E-state index contributed by atoms with van der Waals surface area (Å²) in [5.41, 5.74) is -2.65. The second-order valence-electron chi connectivity index (χ2n) is 10.4. The Balaban J connectivity index is 1.82. The van der Waals surface area contributed by atoms with Crippen molar-refractivity contribution in [1.82, 2.24) is 0 Å². The van der Waals surface area contributed by atoms with Crippen molar-refractivity contribution in [3.05, 3.63) is 45.6 Å². The second-order valence-corrected chi connectivity index (χ2v) is 10.4. The zero-order valence-corrected chi connectivity index (χ0v) is 21.8. The lowest BCUT2D eigenvalue weighted by atomic mass is 9.85. The quantitative estimate of drug-likeness (QED) is 0.151. The van der Waals surface area contributed by atoms with Gasteiger partial charge < -0.3 is 70.1 Å². The average molecular weight is 595 g/mol. The van der Waals surface area contributed by atoms with Crippen LogP contribution in [0.4, 0.5) is 0 Å². The Morgan fingerprint density at radius 3 is 1.95 bits per heavy atom. The summed E-state index contributed by atoms with van der Waals surface area (Å²) in [6, 6.07) is 4.37. The van der Waals surface area contributed by atoms with Crippen LogP contribution in [0.3, 0.4) is 0 Å². The van der Waals surface area contributed by atoms with Crippen molar-refractivity contribution in [2.24, 2.45) is 0 Å². The van der Waals surface area contributed by atoms with E-state index in [4.69, 9.17) is 13.9 Å². The molecule has 0 amide bonds. The number of aromatic hydroxyl groups is 4. The van der Waals surface area contributed by atoms with E-state index in [2.05, 4.69) is 0 Å². The van der Waals surface area contributed by atoms with Gasteiger partial charge in [0.15, 0.2) is 22.5 Å². The molecule has 3 aromatic rings. The van der Waals surface area contributed by atoms with E-state index >= 15 is 0 Å². The Labute approximate surface area is 235 Å². The topological polar surface area (TPSA) is 271 Å². The molecule has 2 aliphatic rings. The molecule has 0 radical (unpaired) electrons. The van der Waals surface area contributed by atoms with Gasteiger partial charge in [0.2, 0.25) is 0 Å². The molecular weight excluding hydrogens is 564 g/mol. The van der Waals surface area contributed by atoms with Crippen LogP contribution in [0.25, 0.3) is 22.3 Å². The largest absolute Gasteiger partial charge is 0.507 e. The summed E-state index contributed by atoms with van der Waals surface area (Å²) < 4.78 is 17.1. The highest BCUT2D eigenvalue weighted by molar-refractivity contribution is 5.92. The van der Waals surface area contributed by atoms with Crippen molar-refractivity contribution < 1.29 is 70.1 Å². The first-order chi connectivity index (χ1) is 19.8. The molecule has 0 bridgehead atoms. The van der Waals surface area contributed by atoms with Crippen LogP contribution in [-0.2, 0) is 9.47 Å². The Morgan fingerprint density at radius 2 is 1.33 bits per heavy atom. The van der Waals surface area contributed by atoms with Gasteiger partial charge in [-0.2, -0.15) is 0 Å². The Bertz CT molecular complexity index is 1550. The lowest BCUT2D eigenvalue weighted by molar-refractivity contribution is -0.232. The lowest BCUT2D eigenvalue weighted by Crippen LogP contribution is -2.55. The van der Waals surface area contributed by atoms with Crippen LogP contribution in [-0.4, -0.2) is 112 Å². The monoisotopic (exact) mass is 594 g/mol. The molecule has 1 aromatic heterocycles. The molecule has 5 rings (SSSR count). The smallest absolute Gasteiger partial charge is 0.197 e. The molecule has 42 heavy (non-hydrogen) atoms. The van der Waals surface area contributed by atoms with E-state index in [0.717, 1.165) is 18.2 Å². The number of hydrogen-bond donors (Lipinski definition) is 11. The molecule has 0 saturated carbocycles. The van der Waals surface area contributed by atoms with Gasteiger partial charge in [-0.3, -0.25) is 4.79 Å². The molecule has 2 aromatic carbocycles. The van der Waals surface area contributed by atoms with Gasteiger partial charge in [-0.15, -0.1) is 0 Å². The van der Waals surface area contributed by atoms with E-state index in [1.807, 2.05) is 0 Å². The number of phenols is 4. The SMILES string of the molecule is C[C@@H]1O[C@@H](c2c(O)c(C3OC(CO)C(O)C(O)C3O)c(O)c3c(=O)cc(-c4ccc(O)c(O)c4)oc23)[C@H](O)[C@H](O)[C@H]1O. The predicted molar refractivity (Wildman–Crippen MR) is 139 cm³/mol. The average Bonchev–Trinajstić information content (AvgIpc) is 2.95. The molecule has 0 aliphatic carbocycles. The Hall–Kier alpha value is -3.51. The molecule has 3 heterocycles. The first-order valence-electron chi connectivity index (χ1n) is 12.9. The normalized spacial score (nSPS) is 33.6. The molecule has 2 aliphatic heterocycles. The molecule has 228 valence electrons. The first kappa shape index (κ1) is 30.0. The Kier molecular flexibility index (Phi) is 7.82. The number of hydrogen-bond acceptors (Lipinski definition) is 15. The maximum absolute atomic E-state index is 13.5. The molecule has 15 nitrogen and oxygen atoms in total. The van der Waals surface area contributed by atoms with Crippen LogP contribution < -0.4 is 5.43 Å². The molecule has 15 heteroatoms. The third kappa shape index (κ3) is 4.64. The highest BCUT2D eigenvalue weighted by Gasteiger charge is 2.49. The van der Waals surface area contributed by atoms with E-state index in [1.165, 1.54) is 13.0 Å². The zero-order valence-electron chi connectivity index (χ0n) is 21.8. The van der Waals surface area contributed by atoms with Crippen LogP contribution in [0.1, 0.15) is 30.3 Å². The third-order valence-electron chi connectivity index (χ3n) is 7.77. The number of phenolic OH excluding ortho intramolecular Hbond substituents is 4. The minimum Gasteiger partial charge on any atom is -0.507 e. The standard InChI is InChI=1S/C27H30O15/c1-7-17(32)21(36)23(38)27(40-7)16-20(35)15(26-24(39)22(37)18(33)13(6-28)42-26)19(34)14-11(31)5-12(41-25(14)16)8-2-3-9(29)10(30)4-8/h2-5,7,13,17-18,21-24,26-30,32-39H,6H2,1H3/t7-,13?,17-,18?,21+,22?,23+,24?,26?,27-/m0/s1. The molecule has 10 atom stereocenters. The number of rotatable bonds is 4. The molecule has 2 fully saturated rings. The second kappa shape index (κ2) is 11.0. The summed E-state index contributed by atoms with van der Waals surface area (Å²) in [6.45, 7) is 0.506. The summed E-state index contributed by atoms with van der Waals surface area (Å²) in [5, 5.41) is 114. The summed E-state index contributed by atoms with van der Waals surface area (Å²) in [4.78, 5) is 13.5. The molecule has 5 unspecified atom stereocenters. The van der Waals surface area contributed by atoms with Crippen LogP contribution in [0.2, 0.25) is 0 Å². The fraction of sp³-hybridized carbons (Fsp3) is 0.444. The van der Waals surface area contributed by atoms with Crippen molar-refractivity contribution in [2.45, 2.75) is 68.0 Å². The van der Waals surface area contributed by atoms with Gasteiger partial charge in [0.25, 0.3) is 0 Å². The minimum absolute atomic E-state index is 0.0705. The van der Waals surface area contributed by atoms with Gasteiger partial charge in [-0.25, -0.2) is 0 Å². The third-order valence-corrected chi connectivity index (χ3v) is 7.77. The van der Waals surface area contributed by atoms with Crippen molar-refractivity contribution in [3.63, 3.8) is 0 Å². The Morgan fingerprint density at radius 1 is 0.714 bits per heavy atom. The number of benzene rings is 2. The van der Waals surface area contributed by atoms with Gasteiger partial charge in [0, 0.05) is 11.6 Å². The van der Waals surface area contributed by atoms with Crippen molar-refractivity contribution in [3.8, 4) is 34.3 Å². The summed E-state index contributed by atoms with van der Waals surface area (Å²) in [5.74, 6) is -3.22. The van der Waals surface area contributed by atoms with Crippen molar-refractivity contribution in [1.29, 1.82) is 0 Å². The fourth-order valence-corrected chi connectivity index (χ4v) is 5.39. The fourth-order valence-electron chi connectivity index (χ4n) is 5.39. The van der Waals surface area contributed by atoms with Gasteiger partial charge in [0.1, 0.15) is 77.6 Å². The maximum atomic E-state index is 13.5. The number of aliphatic hydroxyl groups is 7. The van der Waals surface area contributed by atoms with Crippen LogP contribution in [0.15, 0.2) is 33.5 Å². The summed E-state index contributed by atoms with van der Waals surface area (Å²) in [7, 11) is 0. The molecule has 11 N–H and O–H groups in total. The number of fused-ring (bicyclic) bond motifs is 1. The maximum Gasteiger partial charge on any atom is 0.197 e. The highest BCUT2D eigenvalue weighted by Crippen LogP contribution is 2.51. The first-order valence-corrected chi connectivity index (χ1v) is 12.9. The van der Waals surface area contributed by atoms with Crippen molar-refractivity contribution in [2.75, 3.05) is 6.61 Å². The van der Waals surface area contributed by atoms with Gasteiger partial charge in [-0.05, 0) is 25.1 Å². The van der Waals surface area contributed by atoms with Crippen molar-refractivity contribution >= 4 is 11.0 Å². The summed E-state index contributed by atoms with van der Waals surface area (Å²) >= 11 is 0. The van der Waals surface area contributed by atoms with Crippen LogP contribution in [0.5, 0.6) is 23.0 Å². The molecule has 0 spiro atoms. The van der Waals surface area contributed by atoms with E-state index in [0.29, 0.717) is 0 Å². The highest BCUT2D eigenvalue weighted by atomic mass is 16.5. The zero-order chi connectivity index (χ0) is 30.8. The minimum atomic E-state index is -2.01. The molecular formula is C27H30O15. The number of ether oxygens (including phenoxy) is 2. The van der Waals surface area contributed by atoms with E-state index in [1.54, 1.807) is 0 Å². The van der Waals surface area contributed by atoms with Gasteiger partial charge in [0.05, 0.1) is 23.8 Å². The van der Waals surface area contributed by atoms with Crippen LogP contribution >= 0.6 is 0 Å². The van der Waals surface area contributed by atoms with E-state index in [9.17, 15) is 61.0 Å². The summed E-state index contributed by atoms with van der Waals surface area (Å²) in [6.07, 6.45) is -17.3. The number of aliphatic hydroxyl groups excluding tert-OH is 7. The van der Waals surface area contributed by atoms with E-state index < -0.39 is 118 Å². The molecule has 2 saturated heterocycles. The van der Waals surface area contributed by atoms with E-state index in [-0.39, 0.29) is 11.3 Å². The van der Waals surface area contributed by atoms with Gasteiger partial charge >= 0.3 is 0 Å². The predicted octanol–water partition coefficient (Wildman–Crippen LogP) is -1.66. The van der Waals surface area contributed by atoms with Gasteiger partial charge in [-0.1, -0.05) is 0 Å².